The standard InChI is InChI=1S/C17H15NO4.C9H7NO2.C4H5ClO.CH4/c1-10(2)16(19)21-13-6-7-14-12(9-13)5-8-15(18-14)22-17(20)11(3)4;11-7-2-3-8-6(5-7)1-4-9(12)10-8;1-3(2)4(5)6;/h5-9H,1,3H2,2,4H3;1-5,11H,(H,10,12);1H2,2H3;1H4. The van der Waals surface area contributed by atoms with Crippen molar-refractivity contribution in [2.75, 3.05) is 0 Å². The van der Waals surface area contributed by atoms with E-state index in [4.69, 9.17) is 26.2 Å². The minimum absolute atomic E-state index is 0. The Balaban J connectivity index is 0.000000369. The molecule has 2 aromatic carbocycles. The molecule has 214 valence electrons. The van der Waals surface area contributed by atoms with Crippen LogP contribution in [0.15, 0.2) is 102 Å². The van der Waals surface area contributed by atoms with Crippen LogP contribution < -0.4 is 15.0 Å². The Kier molecular flexibility index (Phi) is 12.9. The van der Waals surface area contributed by atoms with Gasteiger partial charge in [0.15, 0.2) is 0 Å². The fourth-order valence-electron chi connectivity index (χ4n) is 2.72. The molecule has 0 aliphatic carbocycles. The van der Waals surface area contributed by atoms with Gasteiger partial charge in [0.05, 0.1) is 5.52 Å². The van der Waals surface area contributed by atoms with Gasteiger partial charge in [0.25, 0.3) is 0 Å². The molecule has 0 atom stereocenters. The number of hydrogen-bond acceptors (Lipinski definition) is 8. The van der Waals surface area contributed by atoms with E-state index in [1.54, 1.807) is 69.3 Å². The lowest BCUT2D eigenvalue weighted by atomic mass is 10.2. The number of aromatic hydroxyl groups is 1. The van der Waals surface area contributed by atoms with Crippen LogP contribution in [0.2, 0.25) is 0 Å². The molecule has 0 saturated heterocycles. The number of halogens is 1. The molecule has 0 aliphatic rings. The quantitative estimate of drug-likeness (QED) is 0.120. The largest absolute Gasteiger partial charge is 0.508 e. The molecule has 2 heterocycles. The Morgan fingerprint density at radius 3 is 1.98 bits per heavy atom. The third-order valence-electron chi connectivity index (χ3n) is 4.78. The minimum Gasteiger partial charge on any atom is -0.508 e. The Morgan fingerprint density at radius 2 is 1.39 bits per heavy atom. The van der Waals surface area contributed by atoms with Gasteiger partial charge < -0.3 is 19.6 Å². The van der Waals surface area contributed by atoms with Gasteiger partial charge in [-0.05, 0) is 80.9 Å². The smallest absolute Gasteiger partial charge is 0.339 e. The zero-order valence-corrected chi connectivity index (χ0v) is 22.9. The van der Waals surface area contributed by atoms with Gasteiger partial charge in [0.1, 0.15) is 11.5 Å². The van der Waals surface area contributed by atoms with E-state index in [0.717, 1.165) is 16.3 Å². The van der Waals surface area contributed by atoms with Crippen molar-refractivity contribution in [2.45, 2.75) is 28.2 Å². The number of aromatic nitrogens is 2. The number of H-pyrrole nitrogens is 1. The SMILES string of the molecule is C.C=C(C)C(=O)Cl.C=C(C)C(=O)Oc1ccc2nc(OC(=O)C(=C)C)ccc2c1.O=c1ccc2cc(O)ccc2[nH]1. The summed E-state index contributed by atoms with van der Waals surface area (Å²) in [5.41, 5.74) is 2.22. The number of fused-ring (bicyclic) bond motifs is 2. The van der Waals surface area contributed by atoms with E-state index < -0.39 is 17.2 Å². The lowest BCUT2D eigenvalue weighted by molar-refractivity contribution is -0.131. The fourth-order valence-corrected chi connectivity index (χ4v) is 2.72. The number of carbonyl (C=O) groups is 3. The predicted molar refractivity (Wildman–Crippen MR) is 161 cm³/mol. The van der Waals surface area contributed by atoms with E-state index in [9.17, 15) is 19.2 Å². The van der Waals surface area contributed by atoms with Crippen LogP contribution in [0.4, 0.5) is 0 Å². The number of carbonyl (C=O) groups excluding carboxylic acids is 3. The van der Waals surface area contributed by atoms with Crippen LogP contribution in [0, 0.1) is 0 Å². The summed E-state index contributed by atoms with van der Waals surface area (Å²) in [5.74, 6) is -0.228. The van der Waals surface area contributed by atoms with Crippen LogP contribution in [0.3, 0.4) is 0 Å². The predicted octanol–water partition coefficient (Wildman–Crippen LogP) is 6.40. The number of esters is 2. The van der Waals surface area contributed by atoms with Gasteiger partial charge in [-0.1, -0.05) is 27.2 Å². The summed E-state index contributed by atoms with van der Waals surface area (Å²) in [6.45, 7) is 15.0. The van der Waals surface area contributed by atoms with E-state index >= 15 is 0 Å². The number of hydrogen-bond donors (Lipinski definition) is 2. The normalized spacial score (nSPS) is 9.56. The Hall–Kier alpha value is -5.02. The second-order valence-corrected chi connectivity index (χ2v) is 8.84. The number of aromatic amines is 1. The van der Waals surface area contributed by atoms with Crippen LogP contribution in [-0.2, 0) is 14.4 Å². The summed E-state index contributed by atoms with van der Waals surface area (Å²) >= 11 is 4.87. The Bertz CT molecular complexity index is 1610. The molecule has 9 nitrogen and oxygen atoms in total. The number of nitrogens with one attached hydrogen (secondary N) is 1. The number of pyridine rings is 2. The van der Waals surface area contributed by atoms with Crippen LogP contribution in [0.5, 0.6) is 17.4 Å². The number of nitrogens with zero attached hydrogens (tertiary/aromatic N) is 1. The van der Waals surface area contributed by atoms with Crippen LogP contribution in [0.25, 0.3) is 21.8 Å². The summed E-state index contributed by atoms with van der Waals surface area (Å²) in [7, 11) is 0. The topological polar surface area (TPSA) is 136 Å². The second-order valence-electron chi connectivity index (χ2n) is 8.49. The summed E-state index contributed by atoms with van der Waals surface area (Å²) in [4.78, 5) is 50.5. The molecule has 0 aliphatic heterocycles. The van der Waals surface area contributed by atoms with Crippen molar-refractivity contribution in [3.05, 3.63) is 107 Å². The van der Waals surface area contributed by atoms with E-state index in [1.165, 1.54) is 12.1 Å². The molecular formula is C31H31ClN2O7. The molecule has 10 heteroatoms. The molecule has 4 aromatic rings. The van der Waals surface area contributed by atoms with Crippen molar-refractivity contribution in [1.82, 2.24) is 9.97 Å². The highest BCUT2D eigenvalue weighted by molar-refractivity contribution is 6.67. The number of benzene rings is 2. The molecule has 2 aromatic heterocycles. The molecule has 4 rings (SSSR count). The number of phenols is 1. The van der Waals surface area contributed by atoms with Crippen molar-refractivity contribution in [1.29, 1.82) is 0 Å². The molecule has 0 spiro atoms. The van der Waals surface area contributed by atoms with Gasteiger partial charge in [0, 0.05) is 45.1 Å². The summed E-state index contributed by atoms with van der Waals surface area (Å²) in [5, 5.41) is 10.2. The lowest BCUT2D eigenvalue weighted by Gasteiger charge is -2.07. The fraction of sp³-hybridized carbons (Fsp3) is 0.129. The van der Waals surface area contributed by atoms with E-state index in [0.29, 0.717) is 28.0 Å². The van der Waals surface area contributed by atoms with Crippen LogP contribution in [-0.4, -0.2) is 32.3 Å². The van der Waals surface area contributed by atoms with E-state index in [-0.39, 0.29) is 24.6 Å². The van der Waals surface area contributed by atoms with Crippen LogP contribution in [0.1, 0.15) is 28.2 Å². The molecule has 0 unspecified atom stereocenters. The highest BCUT2D eigenvalue weighted by atomic mass is 35.5. The molecule has 0 radical (unpaired) electrons. The third-order valence-corrected chi connectivity index (χ3v) is 5.11. The van der Waals surface area contributed by atoms with Crippen LogP contribution >= 0.6 is 11.6 Å². The van der Waals surface area contributed by atoms with E-state index in [2.05, 4.69) is 29.7 Å². The average molecular weight is 579 g/mol. The molecule has 41 heavy (non-hydrogen) atoms. The first-order valence-electron chi connectivity index (χ1n) is 11.6. The van der Waals surface area contributed by atoms with E-state index in [1.807, 2.05) is 0 Å². The van der Waals surface area contributed by atoms with Crippen molar-refractivity contribution >= 4 is 50.6 Å². The Morgan fingerprint density at radius 1 is 0.805 bits per heavy atom. The maximum absolute atomic E-state index is 11.5. The van der Waals surface area contributed by atoms with Gasteiger partial charge >= 0.3 is 11.9 Å². The second kappa shape index (κ2) is 15.5. The van der Waals surface area contributed by atoms with Crippen molar-refractivity contribution in [2.24, 2.45) is 0 Å². The first-order chi connectivity index (χ1) is 18.8. The highest BCUT2D eigenvalue weighted by Gasteiger charge is 2.09. The molecule has 0 bridgehead atoms. The summed E-state index contributed by atoms with van der Waals surface area (Å²) < 4.78 is 10.2. The first-order valence-corrected chi connectivity index (χ1v) is 12.0. The zero-order chi connectivity index (χ0) is 30.0. The maximum Gasteiger partial charge on any atom is 0.339 e. The molecular weight excluding hydrogens is 548 g/mol. The number of allylic oxidation sites excluding steroid dienone is 1. The van der Waals surface area contributed by atoms with Gasteiger partial charge in [-0.25, -0.2) is 14.6 Å². The molecule has 2 N–H and O–H groups in total. The zero-order valence-electron chi connectivity index (χ0n) is 22.1. The number of rotatable bonds is 5. The summed E-state index contributed by atoms with van der Waals surface area (Å²) in [6, 6.07) is 16.2. The molecule has 0 fully saturated rings. The van der Waals surface area contributed by atoms with Crippen molar-refractivity contribution in [3.8, 4) is 17.4 Å². The van der Waals surface area contributed by atoms with Gasteiger partial charge in [-0.3, -0.25) is 9.59 Å². The van der Waals surface area contributed by atoms with Gasteiger partial charge in [0.2, 0.25) is 16.7 Å². The van der Waals surface area contributed by atoms with Crippen molar-refractivity contribution in [3.63, 3.8) is 0 Å². The third kappa shape index (κ3) is 10.9. The highest BCUT2D eigenvalue weighted by Crippen LogP contribution is 2.23. The maximum atomic E-state index is 11.5. The summed E-state index contributed by atoms with van der Waals surface area (Å²) in [6.07, 6.45) is 0. The van der Waals surface area contributed by atoms with Crippen molar-refractivity contribution < 1.29 is 29.0 Å². The molecule has 0 amide bonds. The monoisotopic (exact) mass is 578 g/mol. The lowest BCUT2D eigenvalue weighted by Crippen LogP contribution is -2.09. The first kappa shape index (κ1) is 34.0. The Labute approximate surface area is 242 Å². The van der Waals surface area contributed by atoms with Gasteiger partial charge in [-0.2, -0.15) is 0 Å². The average Bonchev–Trinajstić information content (AvgIpc) is 2.89. The number of ether oxygens (including phenoxy) is 2. The molecule has 0 saturated carbocycles. The number of phenolic OH excluding ortho intramolecular Hbond substituents is 1. The van der Waals surface area contributed by atoms with Gasteiger partial charge in [-0.15, -0.1) is 0 Å². The minimum atomic E-state index is -0.529.